The number of carbonyl (C=O) groups excluding carboxylic acids is 1. The molecule has 4 nitrogen and oxygen atoms in total. The van der Waals surface area contributed by atoms with Gasteiger partial charge in [0.05, 0.1) is 19.3 Å². The summed E-state index contributed by atoms with van der Waals surface area (Å²) in [7, 11) is 3.66. The van der Waals surface area contributed by atoms with E-state index in [4.69, 9.17) is 4.74 Å². The summed E-state index contributed by atoms with van der Waals surface area (Å²) in [6.45, 7) is 8.49. The van der Waals surface area contributed by atoms with Crippen LogP contribution in [-0.2, 0) is 9.53 Å². The van der Waals surface area contributed by atoms with E-state index in [0.717, 1.165) is 18.8 Å². The van der Waals surface area contributed by atoms with Gasteiger partial charge in [0.1, 0.15) is 0 Å². The van der Waals surface area contributed by atoms with Gasteiger partial charge in [0.2, 0.25) is 5.91 Å². The van der Waals surface area contributed by atoms with Crippen LogP contribution < -0.4 is 5.32 Å². The van der Waals surface area contributed by atoms with Crippen LogP contribution in [0.1, 0.15) is 35.0 Å². The number of nitrogens with zero attached hydrogens (tertiary/aromatic N) is 1. The summed E-state index contributed by atoms with van der Waals surface area (Å²) >= 11 is 0. The molecule has 0 bridgehead atoms. The Balaban J connectivity index is 0. The van der Waals surface area contributed by atoms with Crippen molar-refractivity contribution in [3.8, 4) is 0 Å². The van der Waals surface area contributed by atoms with Crippen LogP contribution in [0.15, 0.2) is 11.6 Å². The first-order valence-corrected chi connectivity index (χ1v) is 6.75. The van der Waals surface area contributed by atoms with Gasteiger partial charge in [-0.3, -0.25) is 9.69 Å². The first-order valence-electron chi connectivity index (χ1n) is 6.75. The van der Waals surface area contributed by atoms with Crippen molar-refractivity contribution in [1.82, 2.24) is 10.2 Å². The second kappa shape index (κ2) is 10.1. The summed E-state index contributed by atoms with van der Waals surface area (Å²) in [4.78, 5) is 13.5. The van der Waals surface area contributed by atoms with Gasteiger partial charge < -0.3 is 10.1 Å². The molecule has 1 aliphatic heterocycles. The lowest BCUT2D eigenvalue weighted by atomic mass is 10.1. The predicted molar refractivity (Wildman–Crippen MR) is 77.8 cm³/mol. The summed E-state index contributed by atoms with van der Waals surface area (Å²) < 4.78 is 5.10. The number of allylic oxidation sites excluding steroid dienone is 1. The molecule has 108 valence electrons. The molecule has 0 aliphatic carbocycles. The number of unbranched alkanes of at least 4 members (excludes halogenated alkanes) is 1. The molecular weight excluding hydrogens is 228 g/mol. The fourth-order valence-corrected chi connectivity index (χ4v) is 1.33. The van der Waals surface area contributed by atoms with E-state index in [9.17, 15) is 4.79 Å². The molecule has 1 aliphatic rings. The van der Waals surface area contributed by atoms with Crippen LogP contribution in [0.5, 0.6) is 0 Å². The molecule has 4 heteroatoms. The van der Waals surface area contributed by atoms with Crippen molar-refractivity contribution in [2.45, 2.75) is 39.7 Å². The van der Waals surface area contributed by atoms with E-state index in [2.05, 4.69) is 24.1 Å². The van der Waals surface area contributed by atoms with E-state index in [1.165, 1.54) is 12.8 Å². The summed E-state index contributed by atoms with van der Waals surface area (Å²) in [5.74, 6) is -0.000378. The first-order chi connectivity index (χ1) is 8.60. The highest BCUT2D eigenvalue weighted by atomic mass is 16.5. The maximum absolute atomic E-state index is 11.4. The van der Waals surface area contributed by atoms with E-state index >= 15 is 0 Å². The van der Waals surface area contributed by atoms with E-state index in [1.54, 1.807) is 7.05 Å². The molecule has 0 spiro atoms. The van der Waals surface area contributed by atoms with Crippen molar-refractivity contribution in [3.05, 3.63) is 11.6 Å². The van der Waals surface area contributed by atoms with Gasteiger partial charge in [0, 0.05) is 20.6 Å². The molecule has 0 aromatic rings. The highest BCUT2D eigenvalue weighted by molar-refractivity contribution is 5.93. The van der Waals surface area contributed by atoms with Crippen LogP contribution in [0.2, 0.25) is 0 Å². The quantitative estimate of drug-likeness (QED) is 0.768. The molecule has 1 heterocycles. The first kappa shape index (κ1) is 17.1. The van der Waals surface area contributed by atoms with Gasteiger partial charge in [-0.25, -0.2) is 0 Å². The summed E-state index contributed by atoms with van der Waals surface area (Å²) in [6, 6.07) is 0.467. The SMILES string of the molecule is C/C=C(\CN(C)C1COC1)C(=O)NC.CCCC.[HH]. The Hall–Kier alpha value is -0.870. The Kier molecular flexibility index (Phi) is 9.60. The number of hydrogen-bond donors (Lipinski definition) is 1. The Bertz CT molecular complexity index is 264. The average molecular weight is 258 g/mol. The minimum absolute atomic E-state index is 0. The van der Waals surface area contributed by atoms with Crippen molar-refractivity contribution in [2.24, 2.45) is 0 Å². The maximum atomic E-state index is 11.4. The molecule has 0 saturated carbocycles. The van der Waals surface area contributed by atoms with Crippen LogP contribution in [0.4, 0.5) is 0 Å². The Labute approximate surface area is 113 Å². The van der Waals surface area contributed by atoms with E-state index in [1.807, 2.05) is 20.0 Å². The summed E-state index contributed by atoms with van der Waals surface area (Å²) in [6.07, 6.45) is 4.49. The molecule has 1 fully saturated rings. The van der Waals surface area contributed by atoms with Gasteiger partial charge in [-0.15, -0.1) is 0 Å². The number of hydrogen-bond acceptors (Lipinski definition) is 3. The van der Waals surface area contributed by atoms with Gasteiger partial charge in [-0.05, 0) is 14.0 Å². The predicted octanol–water partition coefficient (Wildman–Crippen LogP) is 2.06. The number of carbonyl (C=O) groups is 1. The second-order valence-corrected chi connectivity index (χ2v) is 4.50. The Morgan fingerprint density at radius 3 is 2.28 bits per heavy atom. The number of rotatable bonds is 5. The molecule has 0 atom stereocenters. The molecule has 0 aromatic carbocycles. The largest absolute Gasteiger partial charge is 0.378 e. The summed E-state index contributed by atoms with van der Waals surface area (Å²) in [5, 5.41) is 2.63. The molecule has 0 unspecified atom stereocenters. The molecule has 1 rings (SSSR count). The van der Waals surface area contributed by atoms with Crippen molar-refractivity contribution >= 4 is 5.91 Å². The number of nitrogens with one attached hydrogen (secondary N) is 1. The van der Waals surface area contributed by atoms with E-state index < -0.39 is 0 Å². The third-order valence-electron chi connectivity index (χ3n) is 3.03. The van der Waals surface area contributed by atoms with Crippen molar-refractivity contribution in [2.75, 3.05) is 33.9 Å². The van der Waals surface area contributed by atoms with Crippen LogP contribution in [0.25, 0.3) is 0 Å². The molecule has 1 saturated heterocycles. The van der Waals surface area contributed by atoms with Crippen LogP contribution in [0, 0.1) is 0 Å². The van der Waals surface area contributed by atoms with Gasteiger partial charge >= 0.3 is 0 Å². The normalized spacial score (nSPS) is 15.8. The molecule has 0 radical (unpaired) electrons. The Morgan fingerprint density at radius 1 is 1.44 bits per heavy atom. The topological polar surface area (TPSA) is 41.6 Å². The van der Waals surface area contributed by atoms with Crippen LogP contribution >= 0.6 is 0 Å². The zero-order chi connectivity index (χ0) is 14.0. The van der Waals surface area contributed by atoms with Gasteiger partial charge in [0.15, 0.2) is 0 Å². The third kappa shape index (κ3) is 6.17. The molecular formula is C14H30N2O2. The van der Waals surface area contributed by atoms with Crippen LogP contribution in [-0.4, -0.2) is 50.7 Å². The monoisotopic (exact) mass is 258 g/mol. The average Bonchev–Trinajstić information content (AvgIpc) is 2.33. The fraction of sp³-hybridized carbons (Fsp3) is 0.786. The van der Waals surface area contributed by atoms with Crippen molar-refractivity contribution < 1.29 is 11.0 Å². The lowest BCUT2D eigenvalue weighted by molar-refractivity contribution is -0.117. The molecule has 1 amide bonds. The van der Waals surface area contributed by atoms with Crippen molar-refractivity contribution in [1.29, 1.82) is 0 Å². The molecule has 1 N–H and O–H groups in total. The standard InChI is InChI=1S/C10H18N2O2.C4H10.H2/c1-4-8(10(13)11-2)5-12(3)9-6-14-7-9;1-3-4-2;/h4,9H,5-7H2,1-3H3,(H,11,13);3-4H2,1-2H3;1H/b8-4+;;. The van der Waals surface area contributed by atoms with Crippen LogP contribution in [0.3, 0.4) is 0 Å². The molecule has 0 aromatic heterocycles. The second-order valence-electron chi connectivity index (χ2n) is 4.50. The fourth-order valence-electron chi connectivity index (χ4n) is 1.33. The van der Waals surface area contributed by atoms with Crippen molar-refractivity contribution in [3.63, 3.8) is 0 Å². The highest BCUT2D eigenvalue weighted by Gasteiger charge is 2.24. The zero-order valence-electron chi connectivity index (χ0n) is 12.5. The molecule has 18 heavy (non-hydrogen) atoms. The lowest BCUT2D eigenvalue weighted by Crippen LogP contribution is -2.48. The van der Waals surface area contributed by atoms with E-state index in [-0.39, 0.29) is 7.33 Å². The minimum atomic E-state index is -0.000378. The smallest absolute Gasteiger partial charge is 0.247 e. The maximum Gasteiger partial charge on any atom is 0.247 e. The Morgan fingerprint density at radius 2 is 2.00 bits per heavy atom. The van der Waals surface area contributed by atoms with Gasteiger partial charge in [-0.2, -0.15) is 0 Å². The third-order valence-corrected chi connectivity index (χ3v) is 3.03. The number of likely N-dealkylation sites (N-methyl/N-ethyl adjacent to an activating group) is 2. The zero-order valence-corrected chi connectivity index (χ0v) is 12.5. The van der Waals surface area contributed by atoms with Gasteiger partial charge in [-0.1, -0.05) is 32.8 Å². The summed E-state index contributed by atoms with van der Waals surface area (Å²) in [5.41, 5.74) is 0.807. The minimum Gasteiger partial charge on any atom is -0.378 e. The number of amides is 1. The number of ether oxygens (including phenoxy) is 1. The van der Waals surface area contributed by atoms with Gasteiger partial charge in [0.25, 0.3) is 0 Å². The van der Waals surface area contributed by atoms with E-state index in [0.29, 0.717) is 12.6 Å². The highest BCUT2D eigenvalue weighted by Crippen LogP contribution is 2.10. The lowest BCUT2D eigenvalue weighted by Gasteiger charge is -2.34.